The van der Waals surface area contributed by atoms with Crippen LogP contribution >= 0.6 is 0 Å². The second-order valence-corrected chi connectivity index (χ2v) is 9.66. The molecule has 1 fully saturated rings. The Morgan fingerprint density at radius 3 is 2.82 bits per heavy atom. The second kappa shape index (κ2) is 7.94. The molecule has 4 aromatic rings. The van der Waals surface area contributed by atoms with Gasteiger partial charge in [-0.1, -0.05) is 18.2 Å². The molecule has 1 aromatic carbocycles. The number of hydrogen-bond acceptors (Lipinski definition) is 4. The summed E-state index contributed by atoms with van der Waals surface area (Å²) < 4.78 is 2.13. The number of rotatable bonds is 3. The van der Waals surface area contributed by atoms with Gasteiger partial charge in [0.15, 0.2) is 0 Å². The van der Waals surface area contributed by atoms with Gasteiger partial charge in [-0.25, -0.2) is 4.79 Å². The van der Waals surface area contributed by atoms with E-state index in [9.17, 15) is 4.79 Å². The Bertz CT molecular complexity index is 1390. The number of benzene rings is 1. The predicted octanol–water partition coefficient (Wildman–Crippen LogP) is 4.62. The zero-order chi connectivity index (χ0) is 23.3. The number of amides is 2. The van der Waals surface area contributed by atoms with Crippen LogP contribution in [0.5, 0.6) is 0 Å². The number of aryl methyl sites for hydroxylation is 2. The van der Waals surface area contributed by atoms with Crippen LogP contribution in [-0.4, -0.2) is 43.8 Å². The van der Waals surface area contributed by atoms with Gasteiger partial charge in [-0.05, 0) is 62.6 Å². The third-order valence-electron chi connectivity index (χ3n) is 7.41. The number of carbonyl (C=O) groups excluding carboxylic acids is 1. The molecule has 0 aliphatic carbocycles. The van der Waals surface area contributed by atoms with Crippen LogP contribution < -0.4 is 5.32 Å². The van der Waals surface area contributed by atoms with Gasteiger partial charge in [0.1, 0.15) is 0 Å². The molecule has 2 unspecified atom stereocenters. The van der Waals surface area contributed by atoms with E-state index in [1.807, 2.05) is 55.3 Å². The van der Waals surface area contributed by atoms with Crippen molar-refractivity contribution in [3.63, 3.8) is 0 Å². The van der Waals surface area contributed by atoms with E-state index in [0.29, 0.717) is 0 Å². The number of para-hydroxylation sites is 1. The summed E-state index contributed by atoms with van der Waals surface area (Å²) in [5.41, 5.74) is 6.22. The fourth-order valence-electron chi connectivity index (χ4n) is 5.47. The summed E-state index contributed by atoms with van der Waals surface area (Å²) in [6, 6.07) is 16.4. The van der Waals surface area contributed by atoms with E-state index < -0.39 is 0 Å². The van der Waals surface area contributed by atoms with E-state index in [1.54, 1.807) is 6.20 Å². The molecule has 2 aliphatic rings. The van der Waals surface area contributed by atoms with Gasteiger partial charge in [0, 0.05) is 59.8 Å². The van der Waals surface area contributed by atoms with E-state index >= 15 is 0 Å². The number of nitrogens with zero attached hydrogens (tertiary/aromatic N) is 5. The van der Waals surface area contributed by atoms with Crippen molar-refractivity contribution in [2.45, 2.75) is 44.7 Å². The number of fused-ring (bicyclic) bond motifs is 3. The molecule has 6 rings (SSSR count). The van der Waals surface area contributed by atoms with Crippen molar-refractivity contribution in [1.29, 1.82) is 0 Å². The van der Waals surface area contributed by atoms with E-state index in [0.717, 1.165) is 65.9 Å². The highest BCUT2D eigenvalue weighted by Crippen LogP contribution is 2.44. The Kier molecular flexibility index (Phi) is 4.86. The molecule has 1 spiro atoms. The monoisotopic (exact) mass is 452 g/mol. The van der Waals surface area contributed by atoms with Crippen LogP contribution in [0.2, 0.25) is 0 Å². The van der Waals surface area contributed by atoms with Crippen molar-refractivity contribution >= 4 is 16.9 Å². The van der Waals surface area contributed by atoms with Crippen LogP contribution in [-0.2, 0) is 12.0 Å². The van der Waals surface area contributed by atoms with Gasteiger partial charge in [0.2, 0.25) is 0 Å². The normalized spacial score (nSPS) is 20.1. The van der Waals surface area contributed by atoms with E-state index in [2.05, 4.69) is 38.2 Å². The highest BCUT2D eigenvalue weighted by Gasteiger charge is 2.47. The standard InChI is InChI=1S/C27H28N6O/c1-18-13-20(7-10-28-18)19(2)30-26(34)32-11-8-27(17-32)9-12-33-25(27)15-24(31-33)22-14-21-5-3-4-6-23(21)29-16-22/h3-7,10,13-16,19H,8-9,11-12,17H2,1-2H3,(H,30,34). The van der Waals surface area contributed by atoms with Crippen molar-refractivity contribution in [2.75, 3.05) is 13.1 Å². The summed E-state index contributed by atoms with van der Waals surface area (Å²) in [5, 5.41) is 9.19. The largest absolute Gasteiger partial charge is 0.331 e. The first-order valence-electron chi connectivity index (χ1n) is 11.9. The van der Waals surface area contributed by atoms with Crippen molar-refractivity contribution in [2.24, 2.45) is 0 Å². The highest BCUT2D eigenvalue weighted by molar-refractivity contribution is 5.83. The van der Waals surface area contributed by atoms with Crippen LogP contribution in [0.15, 0.2) is 60.9 Å². The number of urea groups is 1. The molecule has 1 saturated heterocycles. The van der Waals surface area contributed by atoms with E-state index in [-0.39, 0.29) is 17.5 Å². The van der Waals surface area contributed by atoms with E-state index in [1.165, 1.54) is 5.69 Å². The molecule has 2 atom stereocenters. The molecule has 1 N–H and O–H groups in total. The second-order valence-electron chi connectivity index (χ2n) is 9.66. The molecule has 2 aliphatic heterocycles. The van der Waals surface area contributed by atoms with Crippen LogP contribution in [0.4, 0.5) is 4.79 Å². The maximum Gasteiger partial charge on any atom is 0.317 e. The highest BCUT2D eigenvalue weighted by atomic mass is 16.2. The lowest BCUT2D eigenvalue weighted by atomic mass is 9.82. The van der Waals surface area contributed by atoms with Gasteiger partial charge >= 0.3 is 6.03 Å². The maximum absolute atomic E-state index is 13.1. The molecule has 2 amide bonds. The molecular weight excluding hydrogens is 424 g/mol. The first-order chi connectivity index (χ1) is 16.5. The lowest BCUT2D eigenvalue weighted by Crippen LogP contribution is -2.41. The van der Waals surface area contributed by atoms with Crippen molar-refractivity contribution < 1.29 is 4.79 Å². The Morgan fingerprint density at radius 1 is 1.09 bits per heavy atom. The number of hydrogen-bond donors (Lipinski definition) is 1. The Morgan fingerprint density at radius 2 is 1.94 bits per heavy atom. The number of carbonyl (C=O) groups is 1. The van der Waals surface area contributed by atoms with Crippen LogP contribution in [0.3, 0.4) is 0 Å². The molecule has 3 aromatic heterocycles. The maximum atomic E-state index is 13.1. The van der Waals surface area contributed by atoms with Gasteiger partial charge in [-0.15, -0.1) is 0 Å². The fourth-order valence-corrected chi connectivity index (χ4v) is 5.47. The predicted molar refractivity (Wildman–Crippen MR) is 131 cm³/mol. The van der Waals surface area contributed by atoms with Gasteiger partial charge in [-0.2, -0.15) is 5.10 Å². The number of nitrogens with one attached hydrogen (secondary N) is 1. The summed E-state index contributed by atoms with van der Waals surface area (Å²) in [6.07, 6.45) is 5.68. The smallest absolute Gasteiger partial charge is 0.317 e. The average molecular weight is 453 g/mol. The van der Waals surface area contributed by atoms with Crippen LogP contribution in [0.1, 0.15) is 42.8 Å². The van der Waals surface area contributed by atoms with Crippen LogP contribution in [0.25, 0.3) is 22.2 Å². The minimum Gasteiger partial charge on any atom is -0.331 e. The van der Waals surface area contributed by atoms with Crippen molar-refractivity contribution in [3.8, 4) is 11.3 Å². The van der Waals surface area contributed by atoms with E-state index in [4.69, 9.17) is 5.10 Å². The summed E-state index contributed by atoms with van der Waals surface area (Å²) in [6.45, 7) is 6.35. The number of pyridine rings is 2. The third kappa shape index (κ3) is 3.52. The Labute approximate surface area is 198 Å². The summed E-state index contributed by atoms with van der Waals surface area (Å²) in [7, 11) is 0. The molecule has 7 heteroatoms. The molecule has 34 heavy (non-hydrogen) atoms. The lowest BCUT2D eigenvalue weighted by molar-refractivity contribution is 0.202. The van der Waals surface area contributed by atoms with Gasteiger partial charge < -0.3 is 10.2 Å². The van der Waals surface area contributed by atoms with Crippen LogP contribution in [0, 0.1) is 6.92 Å². The molecule has 0 radical (unpaired) electrons. The topological polar surface area (TPSA) is 75.9 Å². The quantitative estimate of drug-likeness (QED) is 0.492. The summed E-state index contributed by atoms with van der Waals surface area (Å²) in [4.78, 5) is 23.9. The zero-order valence-corrected chi connectivity index (χ0v) is 19.5. The molecule has 172 valence electrons. The first kappa shape index (κ1) is 20.8. The minimum absolute atomic E-state index is 0.00393. The molecular formula is C27H28N6O. The molecule has 7 nitrogen and oxygen atoms in total. The molecule has 5 heterocycles. The summed E-state index contributed by atoms with van der Waals surface area (Å²) in [5.74, 6) is 0. The van der Waals surface area contributed by atoms with Crippen molar-refractivity contribution in [1.82, 2.24) is 30.0 Å². The average Bonchev–Trinajstić information content (AvgIpc) is 3.55. The van der Waals surface area contributed by atoms with Crippen molar-refractivity contribution in [3.05, 3.63) is 77.9 Å². The molecule has 0 bridgehead atoms. The Hall–Kier alpha value is -3.74. The SMILES string of the molecule is Cc1cc(C(C)NC(=O)N2CCC3(CCn4nc(-c5cnc6ccccc6c5)cc43)C2)ccn1. The zero-order valence-electron chi connectivity index (χ0n) is 19.5. The number of likely N-dealkylation sites (tertiary alicyclic amines) is 1. The Balaban J connectivity index is 1.20. The lowest BCUT2D eigenvalue weighted by Gasteiger charge is -2.25. The van der Waals surface area contributed by atoms with Gasteiger partial charge in [0.25, 0.3) is 0 Å². The third-order valence-corrected chi connectivity index (χ3v) is 7.41. The first-order valence-corrected chi connectivity index (χ1v) is 11.9. The fraction of sp³-hybridized carbons (Fsp3) is 0.333. The minimum atomic E-state index is -0.0631. The van der Waals surface area contributed by atoms with Gasteiger partial charge in [-0.3, -0.25) is 14.6 Å². The molecule has 0 saturated carbocycles. The van der Waals surface area contributed by atoms with Gasteiger partial charge in [0.05, 0.1) is 17.3 Å². The summed E-state index contributed by atoms with van der Waals surface area (Å²) >= 11 is 0. The number of aromatic nitrogens is 4.